The standard InChI is InChI=1S/C51H55FN8O5/c1-29(2)39-18-41(44(63)19-43(39)62)49(64)59-23-32-10-9-30(15-33(32)24-59)22-57(3)36-20-51(13-6-14-60(51)27-36)28-65-50-55-47-42(48(56-50)58-25-34-11-12-35(26-58)54-34)21-53-46(45(47)52)40-17-37(61)16-31-7-4-5-8-38(31)40/h4-5,7-10,15-19,21,29,34-36,54,61-63H,6,11-14,20,22-28H2,1-3H3/t34?,35?,36-,51+/m1/s1. The molecule has 2 unspecified atom stereocenters. The molecular formula is C51H55FN8O5. The van der Waals surface area contributed by atoms with Crippen LogP contribution in [-0.4, -0.2) is 114 Å². The van der Waals surface area contributed by atoms with Crippen molar-refractivity contribution in [2.75, 3.05) is 44.7 Å². The summed E-state index contributed by atoms with van der Waals surface area (Å²) in [6, 6.07) is 21.2. The number of carbonyl (C=O) groups is 1. The number of hydrogen-bond donors (Lipinski definition) is 4. The number of fused-ring (bicyclic) bond motifs is 6. The molecule has 14 heteroatoms. The number of piperazine rings is 1. The molecule has 0 aliphatic carbocycles. The van der Waals surface area contributed by atoms with Crippen LogP contribution in [0.25, 0.3) is 32.9 Å². The highest BCUT2D eigenvalue weighted by Gasteiger charge is 2.50. The molecule has 5 aliphatic heterocycles. The van der Waals surface area contributed by atoms with Gasteiger partial charge in [0.1, 0.15) is 40.9 Å². The molecule has 0 radical (unpaired) electrons. The summed E-state index contributed by atoms with van der Waals surface area (Å²) < 4.78 is 23.7. The number of pyridine rings is 1. The summed E-state index contributed by atoms with van der Waals surface area (Å²) in [5.41, 5.74) is 4.73. The quantitative estimate of drug-likeness (QED) is 0.108. The summed E-state index contributed by atoms with van der Waals surface area (Å²) in [7, 11) is 2.17. The highest BCUT2D eigenvalue weighted by atomic mass is 19.1. The Morgan fingerprint density at radius 3 is 2.57 bits per heavy atom. The summed E-state index contributed by atoms with van der Waals surface area (Å²) >= 11 is 0. The molecule has 5 aliphatic rings. The minimum absolute atomic E-state index is 0.00130. The van der Waals surface area contributed by atoms with E-state index in [0.29, 0.717) is 54.1 Å². The average Bonchev–Trinajstić information content (AvgIpc) is 4.07. The van der Waals surface area contributed by atoms with Crippen LogP contribution in [0.3, 0.4) is 0 Å². The van der Waals surface area contributed by atoms with E-state index in [2.05, 4.69) is 50.2 Å². The van der Waals surface area contributed by atoms with Gasteiger partial charge in [-0.1, -0.05) is 56.3 Å². The van der Waals surface area contributed by atoms with Crippen LogP contribution in [0.5, 0.6) is 23.3 Å². The maximum Gasteiger partial charge on any atom is 0.319 e. The number of amides is 1. The Labute approximate surface area is 377 Å². The third kappa shape index (κ3) is 7.45. The first kappa shape index (κ1) is 41.6. The fourth-order valence-corrected chi connectivity index (χ4v) is 11.5. The van der Waals surface area contributed by atoms with Gasteiger partial charge in [0.25, 0.3) is 5.91 Å². The zero-order valence-electron chi connectivity index (χ0n) is 37.1. The fraction of sp³-hybridized carbons (Fsp3) is 0.412. The average molecular weight is 879 g/mol. The second-order valence-corrected chi connectivity index (χ2v) is 19.5. The number of aromatic hydroxyl groups is 3. The molecule has 0 saturated carbocycles. The second-order valence-electron chi connectivity index (χ2n) is 19.5. The Bertz CT molecular complexity index is 2860. The van der Waals surface area contributed by atoms with Crippen molar-refractivity contribution in [2.45, 2.75) is 95.2 Å². The summed E-state index contributed by atoms with van der Waals surface area (Å²) in [6.07, 6.45) is 6.79. The van der Waals surface area contributed by atoms with Crippen LogP contribution in [0.1, 0.15) is 84.5 Å². The highest BCUT2D eigenvalue weighted by molar-refractivity contribution is 6.00. The largest absolute Gasteiger partial charge is 0.508 e. The van der Waals surface area contributed by atoms with Crippen molar-refractivity contribution in [2.24, 2.45) is 0 Å². The smallest absolute Gasteiger partial charge is 0.319 e. The Morgan fingerprint density at radius 1 is 0.954 bits per heavy atom. The molecule has 4 atom stereocenters. The molecule has 4 fully saturated rings. The van der Waals surface area contributed by atoms with E-state index >= 15 is 4.39 Å². The van der Waals surface area contributed by atoms with Crippen LogP contribution in [0, 0.1) is 5.82 Å². The van der Waals surface area contributed by atoms with Gasteiger partial charge < -0.3 is 35.2 Å². The number of benzene rings is 4. The molecule has 1 amide bonds. The molecule has 4 saturated heterocycles. The van der Waals surface area contributed by atoms with E-state index in [0.717, 1.165) is 86.7 Å². The van der Waals surface area contributed by atoms with E-state index in [1.807, 2.05) is 38.1 Å². The fourth-order valence-electron chi connectivity index (χ4n) is 11.5. The predicted octanol–water partition coefficient (Wildman–Crippen LogP) is 7.44. The van der Waals surface area contributed by atoms with Crippen LogP contribution >= 0.6 is 0 Å². The van der Waals surface area contributed by atoms with Crippen molar-refractivity contribution in [1.29, 1.82) is 0 Å². The Kier molecular flexibility index (Phi) is 10.3. The van der Waals surface area contributed by atoms with E-state index in [1.54, 1.807) is 29.3 Å². The van der Waals surface area contributed by atoms with Gasteiger partial charge in [-0.25, -0.2) is 4.39 Å². The molecule has 13 nitrogen and oxygen atoms in total. The molecule has 2 bridgehead atoms. The van der Waals surface area contributed by atoms with Gasteiger partial charge in [0.15, 0.2) is 5.82 Å². The lowest BCUT2D eigenvalue weighted by Crippen LogP contribution is -2.51. The van der Waals surface area contributed by atoms with E-state index in [9.17, 15) is 20.1 Å². The molecule has 4 N–H and O–H groups in total. The third-order valence-electron chi connectivity index (χ3n) is 14.9. The molecule has 6 aromatic rings. The molecule has 336 valence electrons. The first-order chi connectivity index (χ1) is 31.4. The van der Waals surface area contributed by atoms with Crippen LogP contribution < -0.4 is 15.0 Å². The number of nitrogens with zero attached hydrogens (tertiary/aromatic N) is 7. The van der Waals surface area contributed by atoms with Crippen molar-refractivity contribution < 1.29 is 29.2 Å². The Hall–Kier alpha value is -6.09. The number of phenols is 3. The Balaban J connectivity index is 0.823. The van der Waals surface area contributed by atoms with Gasteiger partial charge in [-0.05, 0) is 103 Å². The van der Waals surface area contributed by atoms with Crippen LogP contribution in [-0.2, 0) is 19.6 Å². The highest BCUT2D eigenvalue weighted by Crippen LogP contribution is 2.43. The summed E-state index contributed by atoms with van der Waals surface area (Å²) in [5, 5.41) is 37.4. The first-order valence-corrected chi connectivity index (χ1v) is 23.0. The summed E-state index contributed by atoms with van der Waals surface area (Å²) in [4.78, 5) is 37.1. The normalized spacial score (nSPS) is 22.8. The monoisotopic (exact) mass is 878 g/mol. The zero-order chi connectivity index (χ0) is 44.7. The number of phenolic OH excluding ortho intramolecular Hbond substituents is 3. The van der Waals surface area contributed by atoms with Crippen LogP contribution in [0.4, 0.5) is 10.2 Å². The number of ether oxygens (including phenoxy) is 1. The number of hydrogen-bond acceptors (Lipinski definition) is 12. The van der Waals surface area contributed by atoms with Gasteiger partial charge in [0.05, 0.1) is 16.5 Å². The van der Waals surface area contributed by atoms with Gasteiger partial charge in [-0.2, -0.15) is 9.97 Å². The summed E-state index contributed by atoms with van der Waals surface area (Å²) in [5.74, 6) is -0.391. The minimum atomic E-state index is -0.573. The number of anilines is 1. The molecule has 4 aromatic carbocycles. The van der Waals surface area contributed by atoms with Crippen molar-refractivity contribution in [3.05, 3.63) is 107 Å². The van der Waals surface area contributed by atoms with Crippen molar-refractivity contribution in [3.63, 3.8) is 0 Å². The van der Waals surface area contributed by atoms with Crippen molar-refractivity contribution in [3.8, 4) is 34.5 Å². The number of halogens is 1. The lowest BCUT2D eigenvalue weighted by Gasteiger charge is -2.34. The topological polar surface area (TPSA) is 151 Å². The van der Waals surface area contributed by atoms with Gasteiger partial charge >= 0.3 is 6.01 Å². The third-order valence-corrected chi connectivity index (χ3v) is 14.9. The van der Waals surface area contributed by atoms with Crippen molar-refractivity contribution >= 4 is 33.4 Å². The Morgan fingerprint density at radius 2 is 1.75 bits per heavy atom. The van der Waals surface area contributed by atoms with Gasteiger partial charge in [0.2, 0.25) is 0 Å². The lowest BCUT2D eigenvalue weighted by molar-refractivity contribution is 0.0748. The lowest BCUT2D eigenvalue weighted by atomic mass is 9.93. The van der Waals surface area contributed by atoms with E-state index in [1.165, 1.54) is 11.6 Å². The van der Waals surface area contributed by atoms with Crippen LogP contribution in [0.15, 0.2) is 72.9 Å². The SMILES string of the molecule is CC(C)c1cc(C(=O)N2Cc3ccc(CN(C)[C@H]4CN5CCC[C@@]5(COc5nc(N6CC7CCC(C6)N7)c6cnc(-c7cc(O)cc8ccccc78)c(F)c6n5)C4)cc3C2)c(O)cc1O. The molecular weight excluding hydrogens is 824 g/mol. The maximum atomic E-state index is 17.1. The minimum Gasteiger partial charge on any atom is -0.508 e. The van der Waals surface area contributed by atoms with Gasteiger partial charge in [-0.15, -0.1) is 0 Å². The molecule has 65 heavy (non-hydrogen) atoms. The van der Waals surface area contributed by atoms with Gasteiger partial charge in [-0.3, -0.25) is 19.6 Å². The number of nitrogens with one attached hydrogen (secondary N) is 1. The molecule has 2 aromatic heterocycles. The molecule has 0 spiro atoms. The maximum absolute atomic E-state index is 17.1. The van der Waals surface area contributed by atoms with E-state index < -0.39 is 5.82 Å². The number of likely N-dealkylation sites (N-methyl/N-ethyl adjacent to an activating group) is 1. The van der Waals surface area contributed by atoms with Crippen LogP contribution in [0.2, 0.25) is 0 Å². The predicted molar refractivity (Wildman–Crippen MR) is 247 cm³/mol. The van der Waals surface area contributed by atoms with Crippen molar-refractivity contribution in [1.82, 2.24) is 35.0 Å². The zero-order valence-corrected chi connectivity index (χ0v) is 37.1. The molecule has 11 rings (SSSR count). The number of aromatic nitrogens is 3. The van der Waals surface area contributed by atoms with E-state index in [-0.39, 0.29) is 63.4 Å². The number of carbonyl (C=O) groups excluding carboxylic acids is 1. The summed E-state index contributed by atoms with van der Waals surface area (Å²) in [6.45, 7) is 9.28. The van der Waals surface area contributed by atoms with E-state index in [4.69, 9.17) is 14.7 Å². The first-order valence-electron chi connectivity index (χ1n) is 23.0. The number of rotatable bonds is 10. The molecule has 7 heterocycles. The van der Waals surface area contributed by atoms with Gasteiger partial charge in [0, 0.05) is 75.2 Å². The second kappa shape index (κ2) is 16.1.